The van der Waals surface area contributed by atoms with E-state index >= 15 is 0 Å². The van der Waals surface area contributed by atoms with Gasteiger partial charge >= 0.3 is 24.0 Å². The number of carbonyl (C=O) groups is 2. The highest BCUT2D eigenvalue weighted by Gasteiger charge is 2.56. The van der Waals surface area contributed by atoms with E-state index in [4.69, 9.17) is 5.11 Å². The van der Waals surface area contributed by atoms with Crippen LogP contribution in [0.25, 0.3) is 0 Å². The molecule has 1 N–H and O–H groups in total. The number of hydrogen-bond donors (Lipinski definition) is 1. The third-order valence-electron chi connectivity index (χ3n) is 1.86. The van der Waals surface area contributed by atoms with Gasteiger partial charge in [0.25, 0.3) is 0 Å². The summed E-state index contributed by atoms with van der Waals surface area (Å²) in [6.45, 7) is -0.607. The van der Waals surface area contributed by atoms with Gasteiger partial charge in [0, 0.05) is 6.42 Å². The molecule has 0 heterocycles. The summed E-state index contributed by atoms with van der Waals surface area (Å²) in [5.74, 6) is -7.01. The molecule has 0 aliphatic rings. The number of alkyl halides is 5. The average molecular weight is 278 g/mol. The summed E-state index contributed by atoms with van der Waals surface area (Å²) in [5.41, 5.74) is 0. The highest BCUT2D eigenvalue weighted by atomic mass is 19.4. The Hall–Kier alpha value is -1.41. The summed E-state index contributed by atoms with van der Waals surface area (Å²) in [5, 5.41) is 8.20. The SMILES string of the molecule is O=C(O)CCC(=O)OCCCC(F)(F)C(F)(F)F. The lowest BCUT2D eigenvalue weighted by atomic mass is 10.2. The fraction of sp³-hybridized carbons (Fsp3) is 0.778. The van der Waals surface area contributed by atoms with Crippen molar-refractivity contribution < 1.29 is 41.4 Å². The van der Waals surface area contributed by atoms with E-state index in [0.29, 0.717) is 0 Å². The summed E-state index contributed by atoms with van der Waals surface area (Å²) in [6, 6.07) is 0. The van der Waals surface area contributed by atoms with Crippen LogP contribution in [0.1, 0.15) is 25.7 Å². The Morgan fingerprint density at radius 1 is 1.06 bits per heavy atom. The largest absolute Gasteiger partial charge is 0.481 e. The molecule has 0 aromatic heterocycles. The number of ether oxygens (including phenoxy) is 1. The first-order valence-electron chi connectivity index (χ1n) is 4.88. The Bertz CT molecular complexity index is 300. The van der Waals surface area contributed by atoms with Crippen molar-refractivity contribution in [2.24, 2.45) is 0 Å². The molecule has 0 atom stereocenters. The van der Waals surface area contributed by atoms with E-state index in [1.54, 1.807) is 0 Å². The smallest absolute Gasteiger partial charge is 0.453 e. The molecule has 0 rings (SSSR count). The van der Waals surface area contributed by atoms with Crippen LogP contribution in [0.15, 0.2) is 0 Å². The van der Waals surface area contributed by atoms with Crippen LogP contribution in [0.2, 0.25) is 0 Å². The minimum atomic E-state index is -5.62. The number of halogens is 5. The van der Waals surface area contributed by atoms with Gasteiger partial charge in [0.15, 0.2) is 0 Å². The third-order valence-corrected chi connectivity index (χ3v) is 1.86. The molecule has 0 radical (unpaired) electrons. The molecule has 18 heavy (non-hydrogen) atoms. The van der Waals surface area contributed by atoms with Crippen LogP contribution in [0.5, 0.6) is 0 Å². The number of rotatable bonds is 7. The second-order valence-electron chi connectivity index (χ2n) is 3.42. The molecular weight excluding hydrogens is 267 g/mol. The number of carboxylic acids is 1. The van der Waals surface area contributed by atoms with Crippen molar-refractivity contribution in [3.05, 3.63) is 0 Å². The molecule has 0 aliphatic carbocycles. The molecular formula is C9H11F5O4. The summed E-state index contributed by atoms with van der Waals surface area (Å²) < 4.78 is 64.1. The van der Waals surface area contributed by atoms with Crippen molar-refractivity contribution in [3.8, 4) is 0 Å². The Balaban J connectivity index is 3.80. The Labute approximate surface area is 98.7 Å². The van der Waals surface area contributed by atoms with Crippen LogP contribution >= 0.6 is 0 Å². The number of aliphatic carboxylic acids is 1. The van der Waals surface area contributed by atoms with Gasteiger partial charge in [-0.3, -0.25) is 9.59 Å². The molecule has 0 aromatic rings. The van der Waals surface area contributed by atoms with Gasteiger partial charge in [-0.25, -0.2) is 0 Å². The molecule has 0 spiro atoms. The molecule has 0 saturated carbocycles. The van der Waals surface area contributed by atoms with Gasteiger partial charge in [0.1, 0.15) is 0 Å². The zero-order chi connectivity index (χ0) is 14.4. The van der Waals surface area contributed by atoms with Crippen molar-refractivity contribution in [1.29, 1.82) is 0 Å². The average Bonchev–Trinajstić information content (AvgIpc) is 2.19. The molecule has 0 fully saturated rings. The molecule has 0 unspecified atom stereocenters. The van der Waals surface area contributed by atoms with E-state index < -0.39 is 56.3 Å². The second-order valence-corrected chi connectivity index (χ2v) is 3.42. The predicted molar refractivity (Wildman–Crippen MR) is 48.1 cm³/mol. The zero-order valence-electron chi connectivity index (χ0n) is 9.10. The normalized spacial score (nSPS) is 12.3. The fourth-order valence-electron chi connectivity index (χ4n) is 0.903. The Morgan fingerprint density at radius 2 is 1.61 bits per heavy atom. The molecule has 4 nitrogen and oxygen atoms in total. The number of carbonyl (C=O) groups excluding carboxylic acids is 1. The maximum atomic E-state index is 12.4. The van der Waals surface area contributed by atoms with Gasteiger partial charge in [-0.05, 0) is 6.42 Å². The van der Waals surface area contributed by atoms with Crippen molar-refractivity contribution in [2.75, 3.05) is 6.61 Å². The van der Waals surface area contributed by atoms with Crippen LogP contribution in [-0.4, -0.2) is 35.8 Å². The van der Waals surface area contributed by atoms with Gasteiger partial charge in [0.05, 0.1) is 19.4 Å². The molecule has 106 valence electrons. The lowest BCUT2D eigenvalue weighted by Gasteiger charge is -2.19. The minimum Gasteiger partial charge on any atom is -0.481 e. The first-order chi connectivity index (χ1) is 8.06. The third kappa shape index (κ3) is 6.36. The van der Waals surface area contributed by atoms with Gasteiger partial charge < -0.3 is 9.84 Å². The molecule has 0 saturated heterocycles. The molecule has 0 bridgehead atoms. The van der Waals surface area contributed by atoms with E-state index in [0.717, 1.165) is 0 Å². The first kappa shape index (κ1) is 16.6. The summed E-state index contributed by atoms with van der Waals surface area (Å²) in [4.78, 5) is 20.8. The van der Waals surface area contributed by atoms with Gasteiger partial charge in [-0.2, -0.15) is 22.0 Å². The van der Waals surface area contributed by atoms with Crippen LogP contribution < -0.4 is 0 Å². The summed E-state index contributed by atoms with van der Waals surface area (Å²) in [7, 11) is 0. The van der Waals surface area contributed by atoms with Crippen molar-refractivity contribution >= 4 is 11.9 Å². The second kappa shape index (κ2) is 6.50. The molecule has 0 aromatic carbocycles. The topological polar surface area (TPSA) is 63.6 Å². The van der Waals surface area contributed by atoms with Crippen LogP contribution in [0, 0.1) is 0 Å². The van der Waals surface area contributed by atoms with Crippen LogP contribution in [-0.2, 0) is 14.3 Å². The maximum Gasteiger partial charge on any atom is 0.453 e. The first-order valence-corrected chi connectivity index (χ1v) is 4.88. The monoisotopic (exact) mass is 278 g/mol. The fourth-order valence-corrected chi connectivity index (χ4v) is 0.903. The molecule has 0 aliphatic heterocycles. The van der Waals surface area contributed by atoms with Gasteiger partial charge in [-0.15, -0.1) is 0 Å². The quantitative estimate of drug-likeness (QED) is 0.441. The summed E-state index contributed by atoms with van der Waals surface area (Å²) in [6.07, 6.45) is -8.71. The maximum absolute atomic E-state index is 12.4. The lowest BCUT2D eigenvalue weighted by Crippen LogP contribution is -2.36. The predicted octanol–water partition coefficient (Wildman–Crippen LogP) is 2.37. The Morgan fingerprint density at radius 3 is 2.06 bits per heavy atom. The molecule has 0 amide bonds. The van der Waals surface area contributed by atoms with E-state index in [9.17, 15) is 31.5 Å². The highest BCUT2D eigenvalue weighted by Crippen LogP contribution is 2.38. The number of hydrogen-bond acceptors (Lipinski definition) is 3. The van der Waals surface area contributed by atoms with Crippen molar-refractivity contribution in [3.63, 3.8) is 0 Å². The minimum absolute atomic E-state index is 0.453. The molecule has 9 heteroatoms. The van der Waals surface area contributed by atoms with Crippen LogP contribution in [0.3, 0.4) is 0 Å². The van der Waals surface area contributed by atoms with E-state index in [2.05, 4.69) is 4.74 Å². The van der Waals surface area contributed by atoms with Crippen LogP contribution in [0.4, 0.5) is 22.0 Å². The van der Waals surface area contributed by atoms with E-state index in [1.807, 2.05) is 0 Å². The van der Waals surface area contributed by atoms with E-state index in [-0.39, 0.29) is 0 Å². The summed E-state index contributed by atoms with van der Waals surface area (Å²) >= 11 is 0. The van der Waals surface area contributed by atoms with Gasteiger partial charge in [-0.1, -0.05) is 0 Å². The highest BCUT2D eigenvalue weighted by molar-refractivity contribution is 5.76. The zero-order valence-corrected chi connectivity index (χ0v) is 9.10. The number of carboxylic acid groups (broad SMARTS) is 1. The Kier molecular flexibility index (Phi) is 5.99. The van der Waals surface area contributed by atoms with Crippen molar-refractivity contribution in [2.45, 2.75) is 37.8 Å². The lowest BCUT2D eigenvalue weighted by molar-refractivity contribution is -0.285. The van der Waals surface area contributed by atoms with Crippen molar-refractivity contribution in [1.82, 2.24) is 0 Å². The standard InChI is InChI=1S/C9H11F5O4/c10-8(11,9(12,13)14)4-1-5-18-7(17)3-2-6(15)16/h1-5H2,(H,15,16). The van der Waals surface area contributed by atoms with Gasteiger partial charge in [0.2, 0.25) is 0 Å². The van der Waals surface area contributed by atoms with E-state index in [1.165, 1.54) is 0 Å². The number of esters is 1.